The number of fused-ring (bicyclic) bond motifs is 2. The van der Waals surface area contributed by atoms with Gasteiger partial charge in [0.25, 0.3) is 0 Å². The molecule has 5 rings (SSSR count). The van der Waals surface area contributed by atoms with Crippen LogP contribution in [0.2, 0.25) is 0 Å². The van der Waals surface area contributed by atoms with E-state index in [1.54, 1.807) is 47.1 Å². The molecule has 4 aromatic rings. The fourth-order valence-electron chi connectivity index (χ4n) is 4.96. The molecule has 1 aliphatic heterocycles. The van der Waals surface area contributed by atoms with Crippen molar-refractivity contribution in [2.75, 3.05) is 33.2 Å². The van der Waals surface area contributed by atoms with Crippen molar-refractivity contribution in [2.45, 2.75) is 19.4 Å². The average Bonchev–Trinajstić information content (AvgIpc) is 3.41. The lowest BCUT2D eigenvalue weighted by molar-refractivity contribution is -0.139. The van der Waals surface area contributed by atoms with Crippen molar-refractivity contribution in [3.63, 3.8) is 0 Å². The second-order valence-electron chi connectivity index (χ2n) is 9.94. The molecule has 2 aromatic carbocycles. The van der Waals surface area contributed by atoms with Gasteiger partial charge in [0.05, 0.1) is 29.5 Å². The molecule has 1 saturated heterocycles. The van der Waals surface area contributed by atoms with E-state index in [1.807, 2.05) is 0 Å². The Morgan fingerprint density at radius 3 is 2.60 bits per heavy atom. The number of likely N-dealkylation sites (N-methyl/N-ethyl adjacent to an activating group) is 1. The lowest BCUT2D eigenvalue weighted by Gasteiger charge is -2.38. The van der Waals surface area contributed by atoms with Crippen molar-refractivity contribution in [3.8, 4) is 11.1 Å². The number of nitrogens with zero attached hydrogens (tertiary/aromatic N) is 6. The summed E-state index contributed by atoms with van der Waals surface area (Å²) >= 11 is 0. The normalized spacial score (nSPS) is 13.4. The van der Waals surface area contributed by atoms with Crippen LogP contribution < -0.4 is 5.32 Å². The summed E-state index contributed by atoms with van der Waals surface area (Å²) in [4.78, 5) is 50.5. The number of aromatic nitrogens is 4. The molecular weight excluding hydrogens is 521 g/mol. The van der Waals surface area contributed by atoms with Crippen LogP contribution >= 0.6 is 0 Å². The van der Waals surface area contributed by atoms with Gasteiger partial charge in [-0.2, -0.15) is 10.2 Å². The number of benzene rings is 2. The molecule has 208 valence electrons. The Kier molecular flexibility index (Phi) is 6.96. The largest absolute Gasteiger partial charge is 0.480 e. The summed E-state index contributed by atoms with van der Waals surface area (Å²) in [6.45, 7) is 1.34. The summed E-state index contributed by atoms with van der Waals surface area (Å²) in [6.07, 6.45) is 1.60. The van der Waals surface area contributed by atoms with Crippen LogP contribution in [0.5, 0.6) is 0 Å². The lowest BCUT2D eigenvalue weighted by Crippen LogP contribution is -2.47. The van der Waals surface area contributed by atoms with Crippen molar-refractivity contribution in [1.29, 1.82) is 0 Å². The third kappa shape index (κ3) is 4.97. The first-order chi connectivity index (χ1) is 19.0. The first-order valence-electron chi connectivity index (χ1n) is 12.6. The summed E-state index contributed by atoms with van der Waals surface area (Å²) in [5.74, 6) is -2.79. The highest BCUT2D eigenvalue weighted by Gasteiger charge is 2.34. The molecule has 0 atom stereocenters. The molecule has 0 saturated carbocycles. The molecule has 12 nitrogen and oxygen atoms in total. The van der Waals surface area contributed by atoms with Gasteiger partial charge in [0, 0.05) is 56.4 Å². The molecule has 0 aliphatic carbocycles. The monoisotopic (exact) mass is 549 g/mol. The van der Waals surface area contributed by atoms with Crippen LogP contribution in [0.1, 0.15) is 18.5 Å². The van der Waals surface area contributed by atoms with Gasteiger partial charge in [-0.1, -0.05) is 12.1 Å². The topological polar surface area (TPSA) is 143 Å². The molecule has 0 radical (unpaired) electrons. The summed E-state index contributed by atoms with van der Waals surface area (Å²) in [5, 5.41) is 21.3. The Morgan fingerprint density at radius 2 is 1.90 bits per heavy atom. The molecule has 2 aromatic heterocycles. The molecule has 0 spiro atoms. The lowest BCUT2D eigenvalue weighted by atomic mass is 9.90. The Labute approximate surface area is 227 Å². The molecule has 3 heterocycles. The summed E-state index contributed by atoms with van der Waals surface area (Å²) in [6, 6.07) is 8.55. The number of likely N-dealkylation sites (tertiary alicyclic amines) is 1. The number of aryl methyl sites for hydroxylation is 1. The van der Waals surface area contributed by atoms with E-state index in [0.29, 0.717) is 46.2 Å². The van der Waals surface area contributed by atoms with Crippen LogP contribution in [-0.4, -0.2) is 91.4 Å². The van der Waals surface area contributed by atoms with Gasteiger partial charge in [0.1, 0.15) is 18.9 Å². The van der Waals surface area contributed by atoms with E-state index in [1.165, 1.54) is 29.6 Å². The number of halogens is 1. The minimum Gasteiger partial charge on any atom is -0.480 e. The summed E-state index contributed by atoms with van der Waals surface area (Å²) in [7, 11) is 3.22. The van der Waals surface area contributed by atoms with E-state index in [-0.39, 0.29) is 24.9 Å². The van der Waals surface area contributed by atoms with Crippen LogP contribution in [0.4, 0.5) is 4.39 Å². The number of rotatable bonds is 8. The van der Waals surface area contributed by atoms with E-state index >= 15 is 4.39 Å². The Hall–Kier alpha value is -4.81. The molecule has 40 heavy (non-hydrogen) atoms. The van der Waals surface area contributed by atoms with Crippen LogP contribution in [0.25, 0.3) is 32.9 Å². The molecular formula is C27H28FN7O5. The number of hydrogen-bond acceptors (Lipinski definition) is 6. The summed E-state index contributed by atoms with van der Waals surface area (Å²) in [5.41, 5.74) is 2.99. The number of carboxylic acids is 1. The van der Waals surface area contributed by atoms with Crippen molar-refractivity contribution < 1.29 is 28.7 Å². The molecule has 1 fully saturated rings. The number of carboxylic acid groups (broad SMARTS) is 1. The van der Waals surface area contributed by atoms with Crippen molar-refractivity contribution >= 4 is 45.5 Å². The van der Waals surface area contributed by atoms with Gasteiger partial charge < -0.3 is 20.2 Å². The molecule has 0 unspecified atom stereocenters. The Bertz CT molecular complexity index is 1670. The fraction of sp³-hybridized carbons (Fsp3) is 0.333. The quantitative estimate of drug-likeness (QED) is 0.338. The van der Waals surface area contributed by atoms with E-state index in [4.69, 9.17) is 10.2 Å². The van der Waals surface area contributed by atoms with Crippen molar-refractivity contribution in [3.05, 3.63) is 48.0 Å². The Balaban J connectivity index is 1.53. The van der Waals surface area contributed by atoms with E-state index in [9.17, 15) is 19.2 Å². The third-order valence-corrected chi connectivity index (χ3v) is 7.17. The van der Waals surface area contributed by atoms with Gasteiger partial charge in [0.15, 0.2) is 0 Å². The van der Waals surface area contributed by atoms with Gasteiger partial charge in [-0.05, 0) is 23.8 Å². The predicted octanol–water partition coefficient (Wildman–Crippen LogP) is 1.33. The highest BCUT2D eigenvalue weighted by molar-refractivity contribution is 6.00. The number of nitrogens with one attached hydrogen (secondary N) is 1. The molecule has 2 N–H and O–H groups in total. The van der Waals surface area contributed by atoms with E-state index < -0.39 is 30.1 Å². The van der Waals surface area contributed by atoms with E-state index in [2.05, 4.69) is 10.4 Å². The minimum absolute atomic E-state index is 0.0501. The highest BCUT2D eigenvalue weighted by Crippen LogP contribution is 2.39. The van der Waals surface area contributed by atoms with Crippen molar-refractivity contribution in [2.24, 2.45) is 7.05 Å². The smallest absolute Gasteiger partial charge is 0.322 e. The van der Waals surface area contributed by atoms with Crippen LogP contribution in [0.15, 0.2) is 36.5 Å². The van der Waals surface area contributed by atoms with Crippen LogP contribution in [-0.2, 0) is 32.8 Å². The van der Waals surface area contributed by atoms with Gasteiger partial charge >= 0.3 is 5.97 Å². The zero-order chi connectivity index (χ0) is 28.7. The zero-order valence-corrected chi connectivity index (χ0v) is 22.2. The first kappa shape index (κ1) is 26.8. The Morgan fingerprint density at radius 1 is 1.15 bits per heavy atom. The van der Waals surface area contributed by atoms with Gasteiger partial charge in [0.2, 0.25) is 17.7 Å². The number of carbonyl (C=O) groups excluding carboxylic acids is 3. The first-order valence-corrected chi connectivity index (χ1v) is 12.6. The standard InChI is InChI=1S/C27H28FN7O5/c1-15(36)34-11-17(12-34)27-26-18(19-8-22-16(7-20(19)28)9-30-33(22)3)5-4-6-21(26)35(31-27)14-24(38)32(2)13-23(37)29-10-25(39)40/h4-9,17H,10-14H2,1-3H3,(H,29,37)(H,39,40). The minimum atomic E-state index is -1.19. The fourth-order valence-corrected chi connectivity index (χ4v) is 4.96. The number of aliphatic carboxylic acids is 1. The third-order valence-electron chi connectivity index (χ3n) is 7.17. The molecule has 0 bridgehead atoms. The van der Waals surface area contributed by atoms with E-state index in [0.717, 1.165) is 5.52 Å². The SMILES string of the molecule is CC(=O)N1CC(c2nn(CC(=O)N(C)CC(=O)NCC(=O)O)c3cccc(-c4cc5c(cnn5C)cc4F)c23)C1. The maximum absolute atomic E-state index is 15.4. The van der Waals surface area contributed by atoms with Gasteiger partial charge in [-0.15, -0.1) is 0 Å². The van der Waals surface area contributed by atoms with Crippen LogP contribution in [0.3, 0.4) is 0 Å². The molecule has 13 heteroatoms. The number of amides is 3. The second kappa shape index (κ2) is 10.4. The van der Waals surface area contributed by atoms with Gasteiger partial charge in [-0.3, -0.25) is 28.5 Å². The second-order valence-corrected chi connectivity index (χ2v) is 9.94. The number of hydrogen-bond donors (Lipinski definition) is 2. The van der Waals surface area contributed by atoms with Crippen molar-refractivity contribution in [1.82, 2.24) is 34.7 Å². The van der Waals surface area contributed by atoms with Crippen LogP contribution in [0, 0.1) is 5.82 Å². The maximum atomic E-state index is 15.4. The maximum Gasteiger partial charge on any atom is 0.322 e. The predicted molar refractivity (Wildman–Crippen MR) is 143 cm³/mol. The number of carbonyl (C=O) groups is 4. The zero-order valence-electron chi connectivity index (χ0n) is 22.2. The molecule has 1 aliphatic rings. The van der Waals surface area contributed by atoms with Gasteiger partial charge in [-0.25, -0.2) is 4.39 Å². The average molecular weight is 550 g/mol. The molecule has 3 amide bonds. The summed E-state index contributed by atoms with van der Waals surface area (Å²) < 4.78 is 18.6. The highest BCUT2D eigenvalue weighted by atomic mass is 19.1.